The molecule has 7 heteroatoms. The highest BCUT2D eigenvalue weighted by Gasteiger charge is 2.33. The second kappa shape index (κ2) is 7.11. The number of hydrogen-bond donors (Lipinski definition) is 2. The van der Waals surface area contributed by atoms with E-state index in [1.165, 1.54) is 18.2 Å². The zero-order valence-electron chi connectivity index (χ0n) is 12.1. The number of anilines is 1. The number of aliphatic hydroxyl groups is 1. The number of para-hydroxylation sites is 1. The largest absolute Gasteiger partial charge is 0.418 e. The van der Waals surface area contributed by atoms with Crippen molar-refractivity contribution >= 4 is 11.6 Å². The Labute approximate surface area is 126 Å². The van der Waals surface area contributed by atoms with Gasteiger partial charge in [0.15, 0.2) is 0 Å². The molecule has 0 saturated carbocycles. The maximum atomic E-state index is 12.9. The molecule has 0 atom stereocenters. The van der Waals surface area contributed by atoms with Crippen LogP contribution in [0.3, 0.4) is 0 Å². The number of nitrogens with one attached hydrogen (secondary N) is 1. The second-order valence-corrected chi connectivity index (χ2v) is 5.49. The van der Waals surface area contributed by atoms with Crippen molar-refractivity contribution in [2.24, 2.45) is 5.92 Å². The van der Waals surface area contributed by atoms with E-state index in [1.54, 1.807) is 0 Å². The lowest BCUT2D eigenvalue weighted by molar-refractivity contribution is -0.137. The number of halogens is 3. The van der Waals surface area contributed by atoms with Crippen LogP contribution in [0.2, 0.25) is 0 Å². The maximum Gasteiger partial charge on any atom is 0.418 e. The van der Waals surface area contributed by atoms with Crippen LogP contribution in [0.1, 0.15) is 18.4 Å². The average molecular weight is 316 g/mol. The minimum atomic E-state index is -4.50. The van der Waals surface area contributed by atoms with Gasteiger partial charge in [0.25, 0.3) is 0 Å². The molecular weight excluding hydrogens is 297 g/mol. The quantitative estimate of drug-likeness (QED) is 0.896. The first-order valence-electron chi connectivity index (χ1n) is 7.19. The highest BCUT2D eigenvalue weighted by molar-refractivity contribution is 5.93. The normalized spacial score (nSPS) is 17.5. The van der Waals surface area contributed by atoms with Gasteiger partial charge in [-0.25, -0.2) is 0 Å². The molecule has 0 unspecified atom stereocenters. The van der Waals surface area contributed by atoms with Crippen molar-refractivity contribution in [1.82, 2.24) is 4.90 Å². The van der Waals surface area contributed by atoms with Crippen molar-refractivity contribution in [3.8, 4) is 0 Å². The van der Waals surface area contributed by atoms with E-state index in [2.05, 4.69) is 5.32 Å². The van der Waals surface area contributed by atoms with E-state index in [9.17, 15) is 18.0 Å². The van der Waals surface area contributed by atoms with Gasteiger partial charge in [-0.15, -0.1) is 0 Å². The van der Waals surface area contributed by atoms with Gasteiger partial charge in [-0.1, -0.05) is 12.1 Å². The Kier molecular flexibility index (Phi) is 5.42. The number of likely N-dealkylation sites (tertiary alicyclic amines) is 1. The number of carbonyl (C=O) groups excluding carboxylic acids is 1. The lowest BCUT2D eigenvalue weighted by Gasteiger charge is -2.30. The Balaban J connectivity index is 1.93. The predicted molar refractivity (Wildman–Crippen MR) is 76.3 cm³/mol. The van der Waals surface area contributed by atoms with Crippen LogP contribution < -0.4 is 5.32 Å². The monoisotopic (exact) mass is 316 g/mol. The van der Waals surface area contributed by atoms with E-state index in [0.29, 0.717) is 13.1 Å². The Morgan fingerprint density at radius 2 is 1.91 bits per heavy atom. The van der Waals surface area contributed by atoms with E-state index in [-0.39, 0.29) is 24.8 Å². The zero-order valence-corrected chi connectivity index (χ0v) is 12.1. The molecule has 4 nitrogen and oxygen atoms in total. The van der Waals surface area contributed by atoms with Crippen molar-refractivity contribution in [3.05, 3.63) is 29.8 Å². The standard InChI is InChI=1S/C15H19F3N2O2/c16-15(17,18)12-3-1-2-4-13(12)19-14(22)9-20-7-5-11(10-21)6-8-20/h1-4,11,21H,5-10H2,(H,19,22). The molecule has 1 aromatic carbocycles. The molecule has 0 spiro atoms. The number of hydrogen-bond acceptors (Lipinski definition) is 3. The van der Waals surface area contributed by atoms with E-state index < -0.39 is 17.6 Å². The van der Waals surface area contributed by atoms with Crippen LogP contribution in [0.4, 0.5) is 18.9 Å². The predicted octanol–water partition coefficient (Wildman–Crippen LogP) is 2.35. The minimum absolute atomic E-state index is 0.0599. The summed E-state index contributed by atoms with van der Waals surface area (Å²) >= 11 is 0. The van der Waals surface area contributed by atoms with E-state index >= 15 is 0 Å². The summed E-state index contributed by atoms with van der Waals surface area (Å²) in [6.45, 7) is 1.53. The number of aliphatic hydroxyl groups excluding tert-OH is 1. The first-order valence-corrected chi connectivity index (χ1v) is 7.19. The average Bonchev–Trinajstić information content (AvgIpc) is 2.47. The molecule has 2 rings (SSSR count). The third-order valence-corrected chi connectivity index (χ3v) is 3.84. The molecule has 122 valence electrons. The van der Waals surface area contributed by atoms with Crippen LogP contribution in [-0.2, 0) is 11.0 Å². The molecule has 1 amide bonds. The third-order valence-electron chi connectivity index (χ3n) is 3.84. The first-order chi connectivity index (χ1) is 10.4. The molecule has 2 N–H and O–H groups in total. The highest BCUT2D eigenvalue weighted by Crippen LogP contribution is 2.34. The number of nitrogens with zero attached hydrogens (tertiary/aromatic N) is 1. The number of amides is 1. The van der Waals surface area contributed by atoms with Gasteiger partial charge in [0.05, 0.1) is 17.8 Å². The maximum absolute atomic E-state index is 12.9. The fourth-order valence-electron chi connectivity index (χ4n) is 2.56. The van der Waals surface area contributed by atoms with Crippen LogP contribution in [0.25, 0.3) is 0 Å². The van der Waals surface area contributed by atoms with Crippen molar-refractivity contribution in [3.63, 3.8) is 0 Å². The second-order valence-electron chi connectivity index (χ2n) is 5.49. The van der Waals surface area contributed by atoms with Gasteiger partial charge in [0, 0.05) is 6.61 Å². The minimum Gasteiger partial charge on any atom is -0.396 e. The molecule has 1 saturated heterocycles. The molecule has 0 radical (unpaired) electrons. The first kappa shape index (κ1) is 16.8. The zero-order chi connectivity index (χ0) is 16.2. The van der Waals surface area contributed by atoms with Crippen molar-refractivity contribution in [2.45, 2.75) is 19.0 Å². The van der Waals surface area contributed by atoms with E-state index in [4.69, 9.17) is 5.11 Å². The molecule has 1 heterocycles. The Morgan fingerprint density at radius 3 is 2.50 bits per heavy atom. The molecule has 1 aliphatic rings. The SMILES string of the molecule is O=C(CN1CCC(CO)CC1)Nc1ccccc1C(F)(F)F. The molecular formula is C15H19F3N2O2. The molecule has 0 aliphatic carbocycles. The summed E-state index contributed by atoms with van der Waals surface area (Å²) in [5, 5.41) is 11.4. The Bertz CT molecular complexity index is 512. The van der Waals surface area contributed by atoms with E-state index in [0.717, 1.165) is 18.9 Å². The summed E-state index contributed by atoms with van der Waals surface area (Å²) in [7, 11) is 0. The van der Waals surface area contributed by atoms with Crippen molar-refractivity contribution in [2.75, 3.05) is 31.6 Å². The summed E-state index contributed by atoms with van der Waals surface area (Å²) in [6.07, 6.45) is -2.91. The smallest absolute Gasteiger partial charge is 0.396 e. The molecule has 22 heavy (non-hydrogen) atoms. The van der Waals surface area contributed by atoms with E-state index in [1.807, 2.05) is 4.90 Å². The van der Waals surface area contributed by atoms with Crippen molar-refractivity contribution in [1.29, 1.82) is 0 Å². The van der Waals surface area contributed by atoms with Gasteiger partial charge in [-0.2, -0.15) is 13.2 Å². The molecule has 1 fully saturated rings. The van der Waals surface area contributed by atoms with Crippen LogP contribution in [0.15, 0.2) is 24.3 Å². The summed E-state index contributed by atoms with van der Waals surface area (Å²) < 4.78 is 38.6. The number of benzene rings is 1. The fraction of sp³-hybridized carbons (Fsp3) is 0.533. The van der Waals surface area contributed by atoms with Crippen LogP contribution in [-0.4, -0.2) is 42.2 Å². The van der Waals surface area contributed by atoms with Gasteiger partial charge in [0.1, 0.15) is 0 Å². The fourth-order valence-corrected chi connectivity index (χ4v) is 2.56. The molecule has 1 aromatic rings. The topological polar surface area (TPSA) is 52.6 Å². The third kappa shape index (κ3) is 4.45. The van der Waals surface area contributed by atoms with Gasteiger partial charge in [0.2, 0.25) is 5.91 Å². The van der Waals surface area contributed by atoms with Crippen LogP contribution >= 0.6 is 0 Å². The number of alkyl halides is 3. The van der Waals surface area contributed by atoms with Crippen molar-refractivity contribution < 1.29 is 23.1 Å². The Hall–Kier alpha value is -1.60. The van der Waals surface area contributed by atoms with Gasteiger partial charge in [-0.05, 0) is 44.0 Å². The van der Waals surface area contributed by atoms with Gasteiger partial charge >= 0.3 is 6.18 Å². The summed E-state index contributed by atoms with van der Waals surface area (Å²) in [5.74, 6) is -0.204. The van der Waals surface area contributed by atoms with Gasteiger partial charge in [-0.3, -0.25) is 9.69 Å². The van der Waals surface area contributed by atoms with Gasteiger partial charge < -0.3 is 10.4 Å². The highest BCUT2D eigenvalue weighted by atomic mass is 19.4. The number of rotatable bonds is 4. The molecule has 0 bridgehead atoms. The summed E-state index contributed by atoms with van der Waals surface area (Å²) in [4.78, 5) is 13.8. The Morgan fingerprint density at radius 1 is 1.27 bits per heavy atom. The molecule has 0 aromatic heterocycles. The lowest BCUT2D eigenvalue weighted by atomic mass is 9.98. The number of carbonyl (C=O) groups is 1. The number of piperidine rings is 1. The summed E-state index contributed by atoms with van der Waals surface area (Å²) in [5.41, 5.74) is -1.06. The summed E-state index contributed by atoms with van der Waals surface area (Å²) in [6, 6.07) is 4.94. The lowest BCUT2D eigenvalue weighted by Crippen LogP contribution is -2.40. The van der Waals surface area contributed by atoms with Crippen LogP contribution in [0.5, 0.6) is 0 Å². The molecule has 1 aliphatic heterocycles. The van der Waals surface area contributed by atoms with Crippen LogP contribution in [0, 0.1) is 5.92 Å².